The number of hydrogen-bond donors (Lipinski definition) is 2. The van der Waals surface area contributed by atoms with Gasteiger partial charge in [-0.25, -0.2) is 4.98 Å². The van der Waals surface area contributed by atoms with Crippen LogP contribution in [-0.4, -0.2) is 27.7 Å². The van der Waals surface area contributed by atoms with Crippen LogP contribution in [0.25, 0.3) is 0 Å². The molecule has 0 aliphatic carbocycles. The topological polar surface area (TPSA) is 50.1 Å². The van der Waals surface area contributed by atoms with Crippen LogP contribution in [0.3, 0.4) is 0 Å². The van der Waals surface area contributed by atoms with Gasteiger partial charge in [0.15, 0.2) is 0 Å². The largest absolute Gasteiger partial charge is 0.379 e. The van der Waals surface area contributed by atoms with Gasteiger partial charge in [-0.05, 0) is 6.92 Å². The molecule has 1 fully saturated rings. The summed E-state index contributed by atoms with van der Waals surface area (Å²) in [5, 5.41) is 13.0. The molecular formula is C8H13N3O. The average molecular weight is 167 g/mol. The third kappa shape index (κ3) is 0.956. The first-order valence-corrected chi connectivity index (χ1v) is 4.21. The van der Waals surface area contributed by atoms with Gasteiger partial charge in [0.1, 0.15) is 11.4 Å². The van der Waals surface area contributed by atoms with E-state index in [1.165, 1.54) is 0 Å². The minimum atomic E-state index is -0.723. The molecule has 1 aromatic heterocycles. The molecule has 2 heterocycles. The van der Waals surface area contributed by atoms with Crippen LogP contribution in [0.15, 0.2) is 12.4 Å². The molecule has 0 spiro atoms. The standard InChI is InChI=1S/C8H13N3O/c1-2-11-4-3-10-7(11)8(12)5-9-6-8/h3-4,9,12H,2,5-6H2,1H3. The van der Waals surface area contributed by atoms with Crippen molar-refractivity contribution < 1.29 is 5.11 Å². The van der Waals surface area contributed by atoms with Crippen molar-refractivity contribution in [2.24, 2.45) is 0 Å². The van der Waals surface area contributed by atoms with E-state index in [1.807, 2.05) is 17.7 Å². The molecule has 2 rings (SSSR count). The van der Waals surface area contributed by atoms with E-state index in [0.717, 1.165) is 12.4 Å². The Labute approximate surface area is 71.2 Å². The molecule has 66 valence electrons. The normalized spacial score (nSPS) is 20.5. The van der Waals surface area contributed by atoms with Gasteiger partial charge in [0.25, 0.3) is 0 Å². The highest BCUT2D eigenvalue weighted by molar-refractivity contribution is 5.11. The van der Waals surface area contributed by atoms with Crippen LogP contribution in [0.5, 0.6) is 0 Å². The molecule has 12 heavy (non-hydrogen) atoms. The Morgan fingerprint density at radius 3 is 3.00 bits per heavy atom. The van der Waals surface area contributed by atoms with E-state index >= 15 is 0 Å². The number of nitrogens with zero attached hydrogens (tertiary/aromatic N) is 2. The smallest absolute Gasteiger partial charge is 0.147 e. The fourth-order valence-electron chi connectivity index (χ4n) is 1.49. The lowest BCUT2D eigenvalue weighted by atomic mass is 9.96. The van der Waals surface area contributed by atoms with Gasteiger partial charge in [-0.15, -0.1) is 0 Å². The molecule has 4 heteroatoms. The molecule has 0 atom stereocenters. The van der Waals surface area contributed by atoms with E-state index in [-0.39, 0.29) is 0 Å². The van der Waals surface area contributed by atoms with Crippen LogP contribution >= 0.6 is 0 Å². The SMILES string of the molecule is CCn1ccnc1C1(O)CNC1. The van der Waals surface area contributed by atoms with Crippen molar-refractivity contribution in [2.75, 3.05) is 13.1 Å². The van der Waals surface area contributed by atoms with Crippen LogP contribution in [0.2, 0.25) is 0 Å². The van der Waals surface area contributed by atoms with E-state index in [1.54, 1.807) is 6.20 Å². The van der Waals surface area contributed by atoms with Gasteiger partial charge < -0.3 is 15.0 Å². The summed E-state index contributed by atoms with van der Waals surface area (Å²) in [7, 11) is 0. The number of aromatic nitrogens is 2. The number of nitrogens with one attached hydrogen (secondary N) is 1. The van der Waals surface area contributed by atoms with E-state index in [2.05, 4.69) is 10.3 Å². The van der Waals surface area contributed by atoms with Gasteiger partial charge in [0.05, 0.1) is 0 Å². The van der Waals surface area contributed by atoms with Crippen LogP contribution in [0.4, 0.5) is 0 Å². The second-order valence-electron chi connectivity index (χ2n) is 3.17. The van der Waals surface area contributed by atoms with Gasteiger partial charge in [-0.2, -0.15) is 0 Å². The minimum absolute atomic E-state index is 0.615. The van der Waals surface area contributed by atoms with Crippen molar-refractivity contribution >= 4 is 0 Å². The fourth-order valence-corrected chi connectivity index (χ4v) is 1.49. The summed E-state index contributed by atoms with van der Waals surface area (Å²) in [6.45, 7) is 4.13. The molecule has 1 saturated heterocycles. The van der Waals surface area contributed by atoms with E-state index in [4.69, 9.17) is 0 Å². The number of hydrogen-bond acceptors (Lipinski definition) is 3. The first-order valence-electron chi connectivity index (χ1n) is 4.21. The van der Waals surface area contributed by atoms with Crippen LogP contribution < -0.4 is 5.32 Å². The van der Waals surface area contributed by atoms with Crippen LogP contribution in [0.1, 0.15) is 12.7 Å². The Hall–Kier alpha value is -0.870. The number of imidazole rings is 1. The van der Waals surface area contributed by atoms with E-state index in [0.29, 0.717) is 13.1 Å². The zero-order chi connectivity index (χ0) is 8.60. The van der Waals surface area contributed by atoms with Gasteiger partial charge in [-0.1, -0.05) is 0 Å². The zero-order valence-electron chi connectivity index (χ0n) is 7.12. The summed E-state index contributed by atoms with van der Waals surface area (Å²) in [6.07, 6.45) is 3.63. The predicted octanol–water partition coefficient (Wildman–Crippen LogP) is -0.306. The molecule has 0 unspecified atom stereocenters. The zero-order valence-corrected chi connectivity index (χ0v) is 7.12. The van der Waals surface area contributed by atoms with Gasteiger partial charge in [0.2, 0.25) is 0 Å². The third-order valence-electron chi connectivity index (χ3n) is 2.31. The Kier molecular flexibility index (Phi) is 1.66. The summed E-state index contributed by atoms with van der Waals surface area (Å²) < 4.78 is 1.97. The maximum Gasteiger partial charge on any atom is 0.147 e. The molecule has 1 aliphatic rings. The summed E-state index contributed by atoms with van der Waals surface area (Å²) >= 11 is 0. The molecular weight excluding hydrogens is 154 g/mol. The lowest BCUT2D eigenvalue weighted by Gasteiger charge is -2.36. The average Bonchev–Trinajstić information content (AvgIpc) is 2.47. The Morgan fingerprint density at radius 2 is 2.50 bits per heavy atom. The molecule has 0 saturated carbocycles. The molecule has 0 bridgehead atoms. The van der Waals surface area contributed by atoms with E-state index in [9.17, 15) is 5.11 Å². The monoisotopic (exact) mass is 167 g/mol. The number of aryl methyl sites for hydroxylation is 1. The lowest BCUT2D eigenvalue weighted by molar-refractivity contribution is -0.0255. The first kappa shape index (κ1) is 7.76. The van der Waals surface area contributed by atoms with E-state index < -0.39 is 5.60 Å². The van der Waals surface area contributed by atoms with Crippen molar-refractivity contribution in [3.63, 3.8) is 0 Å². The summed E-state index contributed by atoms with van der Waals surface area (Å²) in [5.41, 5.74) is -0.723. The van der Waals surface area contributed by atoms with Crippen molar-refractivity contribution in [3.8, 4) is 0 Å². The van der Waals surface area contributed by atoms with Crippen molar-refractivity contribution in [3.05, 3.63) is 18.2 Å². The van der Waals surface area contributed by atoms with Gasteiger partial charge >= 0.3 is 0 Å². The second-order valence-corrected chi connectivity index (χ2v) is 3.17. The molecule has 1 aliphatic heterocycles. The van der Waals surface area contributed by atoms with Crippen molar-refractivity contribution in [1.29, 1.82) is 0 Å². The minimum Gasteiger partial charge on any atom is -0.379 e. The molecule has 0 amide bonds. The van der Waals surface area contributed by atoms with Crippen LogP contribution in [-0.2, 0) is 12.1 Å². The predicted molar refractivity (Wildman–Crippen MR) is 44.7 cm³/mol. The second kappa shape index (κ2) is 2.57. The highest BCUT2D eigenvalue weighted by atomic mass is 16.3. The quantitative estimate of drug-likeness (QED) is 0.635. The molecule has 0 radical (unpaired) electrons. The third-order valence-corrected chi connectivity index (χ3v) is 2.31. The molecule has 2 N–H and O–H groups in total. The number of rotatable bonds is 2. The van der Waals surface area contributed by atoms with Gasteiger partial charge in [-0.3, -0.25) is 0 Å². The van der Waals surface area contributed by atoms with Crippen LogP contribution in [0, 0.1) is 0 Å². The maximum atomic E-state index is 9.94. The summed E-state index contributed by atoms with van der Waals surface area (Å²) in [4.78, 5) is 4.15. The van der Waals surface area contributed by atoms with Gasteiger partial charge in [0, 0.05) is 32.0 Å². The highest BCUT2D eigenvalue weighted by Gasteiger charge is 2.39. The van der Waals surface area contributed by atoms with Crippen molar-refractivity contribution in [1.82, 2.24) is 14.9 Å². The Balaban J connectivity index is 2.31. The maximum absolute atomic E-state index is 9.94. The molecule has 1 aromatic rings. The first-order chi connectivity index (χ1) is 5.76. The molecule has 4 nitrogen and oxygen atoms in total. The summed E-state index contributed by atoms with van der Waals surface area (Å²) in [6, 6.07) is 0. The fraction of sp³-hybridized carbons (Fsp3) is 0.625. The Morgan fingerprint density at radius 1 is 1.75 bits per heavy atom. The van der Waals surface area contributed by atoms with Crippen molar-refractivity contribution in [2.45, 2.75) is 19.1 Å². The Bertz CT molecular complexity index is 278. The molecule has 0 aromatic carbocycles. The summed E-state index contributed by atoms with van der Waals surface area (Å²) in [5.74, 6) is 0.781. The highest BCUT2D eigenvalue weighted by Crippen LogP contribution is 2.23. The lowest BCUT2D eigenvalue weighted by Crippen LogP contribution is -2.58. The number of β-amino-alcohol motifs (C(OH)–C–C–N with tert-alkyl or cyclic N) is 1. The number of aliphatic hydroxyl groups is 1.